The Labute approximate surface area is 178 Å². The Bertz CT molecular complexity index is 1130. The predicted octanol–water partition coefficient (Wildman–Crippen LogP) is 4.07. The van der Waals surface area contributed by atoms with Gasteiger partial charge in [-0.1, -0.05) is 17.8 Å². The van der Waals surface area contributed by atoms with Crippen LogP contribution in [0.5, 0.6) is 11.5 Å². The van der Waals surface area contributed by atoms with Gasteiger partial charge in [0.05, 0.1) is 18.5 Å². The summed E-state index contributed by atoms with van der Waals surface area (Å²) in [6, 6.07) is 12.1. The van der Waals surface area contributed by atoms with Crippen LogP contribution in [0.4, 0.5) is 0 Å². The van der Waals surface area contributed by atoms with Gasteiger partial charge in [-0.25, -0.2) is 0 Å². The lowest BCUT2D eigenvalue weighted by Crippen LogP contribution is -2.25. The zero-order valence-electron chi connectivity index (χ0n) is 16.8. The molecule has 0 atom stereocenters. The number of thioether (sulfide) groups is 1. The minimum atomic E-state index is 0.293. The lowest BCUT2D eigenvalue weighted by atomic mass is 10.1. The monoisotopic (exact) mass is 422 g/mol. The fraction of sp³-hybridized carbons (Fsp3) is 0.273. The van der Waals surface area contributed by atoms with Crippen molar-refractivity contribution in [2.75, 3.05) is 12.5 Å². The van der Waals surface area contributed by atoms with Crippen molar-refractivity contribution in [3.8, 4) is 11.5 Å². The fourth-order valence-electron chi connectivity index (χ4n) is 3.65. The number of aliphatic imine (C=N–C) groups is 1. The van der Waals surface area contributed by atoms with E-state index < -0.39 is 0 Å². The number of hydrogen-bond donors (Lipinski definition) is 1. The number of rotatable bonds is 5. The third-order valence-corrected chi connectivity index (χ3v) is 6.16. The Hall–Kier alpha value is -3.13. The number of hydrazone groups is 1. The summed E-state index contributed by atoms with van der Waals surface area (Å²) < 4.78 is 18.6. The van der Waals surface area contributed by atoms with E-state index in [9.17, 15) is 0 Å². The molecule has 2 aliphatic heterocycles. The third kappa shape index (κ3) is 3.70. The third-order valence-electron chi connectivity index (χ3n) is 5.25. The van der Waals surface area contributed by atoms with E-state index in [0.29, 0.717) is 13.3 Å². The maximum absolute atomic E-state index is 5.51. The number of ether oxygens (including phenoxy) is 2. The summed E-state index contributed by atoms with van der Waals surface area (Å²) in [5.74, 6) is 3.24. The lowest BCUT2D eigenvalue weighted by Gasteiger charge is -2.15. The van der Waals surface area contributed by atoms with Crippen molar-refractivity contribution in [1.29, 1.82) is 0 Å². The molecule has 4 heterocycles. The van der Waals surface area contributed by atoms with Crippen molar-refractivity contribution in [2.45, 2.75) is 26.9 Å². The van der Waals surface area contributed by atoms with Gasteiger partial charge in [-0.15, -0.1) is 0 Å². The highest BCUT2D eigenvalue weighted by molar-refractivity contribution is 8.14. The quantitative estimate of drug-likeness (QED) is 0.671. The molecule has 1 aromatic carbocycles. The van der Waals surface area contributed by atoms with Gasteiger partial charge in [0.2, 0.25) is 6.79 Å². The van der Waals surface area contributed by atoms with Crippen LogP contribution in [0.3, 0.4) is 0 Å². The molecule has 0 aliphatic carbocycles. The van der Waals surface area contributed by atoms with E-state index in [4.69, 9.17) is 13.9 Å². The number of nitrogens with one attached hydrogen (secondary N) is 1. The second-order valence-electron chi connectivity index (χ2n) is 7.22. The topological polar surface area (TPSA) is 73.3 Å². The summed E-state index contributed by atoms with van der Waals surface area (Å²) in [6.45, 7) is 5.85. The van der Waals surface area contributed by atoms with Crippen LogP contribution in [-0.4, -0.2) is 28.0 Å². The number of amidine groups is 1. The van der Waals surface area contributed by atoms with E-state index in [1.807, 2.05) is 18.2 Å². The van der Waals surface area contributed by atoms with Gasteiger partial charge in [0, 0.05) is 29.2 Å². The van der Waals surface area contributed by atoms with Crippen molar-refractivity contribution >= 4 is 22.6 Å². The van der Waals surface area contributed by atoms with E-state index in [1.165, 1.54) is 22.5 Å². The Morgan fingerprint density at radius 2 is 2.07 bits per heavy atom. The normalized spacial score (nSPS) is 16.6. The Morgan fingerprint density at radius 3 is 2.87 bits per heavy atom. The summed E-state index contributed by atoms with van der Waals surface area (Å²) in [7, 11) is 0. The van der Waals surface area contributed by atoms with Gasteiger partial charge in [-0.3, -0.25) is 10.4 Å². The first kappa shape index (κ1) is 18.9. The van der Waals surface area contributed by atoms with E-state index in [1.54, 1.807) is 18.0 Å². The molecule has 0 amide bonds. The largest absolute Gasteiger partial charge is 0.467 e. The first-order valence-corrected chi connectivity index (χ1v) is 10.7. The van der Waals surface area contributed by atoms with Crippen LogP contribution in [0.2, 0.25) is 0 Å². The van der Waals surface area contributed by atoms with Crippen molar-refractivity contribution in [3.63, 3.8) is 0 Å². The van der Waals surface area contributed by atoms with Crippen LogP contribution in [-0.2, 0) is 13.1 Å². The Morgan fingerprint density at radius 1 is 1.17 bits per heavy atom. The standard InChI is InChI=1S/C22H22N4O3S/c1-14-8-18(19-12-30-22(25-24-19)23-10-17-4-3-7-27-17)15(2)26(14)11-16-5-6-20-21(9-16)29-13-28-20/h3-9H,10-13H2,1-2H3,(H,23,25). The molecule has 154 valence electrons. The summed E-state index contributed by atoms with van der Waals surface area (Å²) in [5.41, 5.74) is 8.85. The van der Waals surface area contributed by atoms with Gasteiger partial charge in [0.1, 0.15) is 5.76 Å². The Kier molecular flexibility index (Phi) is 5.00. The molecule has 2 aliphatic rings. The van der Waals surface area contributed by atoms with Crippen molar-refractivity contribution in [2.24, 2.45) is 10.1 Å². The highest BCUT2D eigenvalue weighted by Crippen LogP contribution is 2.33. The molecule has 0 fully saturated rings. The Balaban J connectivity index is 1.32. The van der Waals surface area contributed by atoms with Crippen LogP contribution in [0.25, 0.3) is 0 Å². The molecule has 8 heteroatoms. The highest BCUT2D eigenvalue weighted by Gasteiger charge is 2.19. The second-order valence-corrected chi connectivity index (χ2v) is 8.18. The number of furan rings is 1. The minimum Gasteiger partial charge on any atom is -0.467 e. The summed E-state index contributed by atoms with van der Waals surface area (Å²) in [5, 5.41) is 5.39. The molecule has 2 aromatic heterocycles. The molecule has 0 saturated heterocycles. The number of nitrogens with zero attached hydrogens (tertiary/aromatic N) is 3. The average Bonchev–Trinajstić information content (AvgIpc) is 3.50. The number of aromatic nitrogens is 1. The van der Waals surface area contributed by atoms with Gasteiger partial charge < -0.3 is 18.5 Å². The van der Waals surface area contributed by atoms with E-state index >= 15 is 0 Å². The minimum absolute atomic E-state index is 0.293. The van der Waals surface area contributed by atoms with Gasteiger partial charge in [0.25, 0.3) is 0 Å². The molecule has 0 radical (unpaired) electrons. The number of hydrogen-bond acceptors (Lipinski definition) is 6. The molecule has 30 heavy (non-hydrogen) atoms. The van der Waals surface area contributed by atoms with Crippen LogP contribution >= 0.6 is 11.8 Å². The molecule has 0 spiro atoms. The van der Waals surface area contributed by atoms with E-state index in [0.717, 1.165) is 40.4 Å². The zero-order chi connectivity index (χ0) is 20.5. The van der Waals surface area contributed by atoms with E-state index in [-0.39, 0.29) is 0 Å². The fourth-order valence-corrected chi connectivity index (χ4v) is 4.41. The lowest BCUT2D eigenvalue weighted by molar-refractivity contribution is 0.174. The van der Waals surface area contributed by atoms with Crippen molar-refractivity contribution in [1.82, 2.24) is 9.99 Å². The molecular formula is C22H22N4O3S. The highest BCUT2D eigenvalue weighted by atomic mass is 32.2. The number of aryl methyl sites for hydroxylation is 1. The maximum Gasteiger partial charge on any atom is 0.231 e. The SMILES string of the molecule is Cc1cc(C2=NNC(=NCc3ccco3)SC2)c(C)n1Cc1ccc2c(c1)OCO2. The molecule has 7 nitrogen and oxygen atoms in total. The van der Waals surface area contributed by atoms with Gasteiger partial charge in [-0.05, 0) is 49.7 Å². The second kappa shape index (κ2) is 7.95. The maximum atomic E-state index is 5.51. The van der Waals surface area contributed by atoms with Crippen LogP contribution in [0, 0.1) is 13.8 Å². The van der Waals surface area contributed by atoms with Crippen LogP contribution in [0.1, 0.15) is 28.3 Å². The molecule has 5 rings (SSSR count). The summed E-state index contributed by atoms with van der Waals surface area (Å²) >= 11 is 1.66. The predicted molar refractivity (Wildman–Crippen MR) is 118 cm³/mol. The van der Waals surface area contributed by atoms with Crippen LogP contribution < -0.4 is 14.9 Å². The number of benzene rings is 1. The molecule has 0 saturated carbocycles. The van der Waals surface area contributed by atoms with Gasteiger partial charge in [0.15, 0.2) is 16.7 Å². The molecule has 1 N–H and O–H groups in total. The molecule has 0 bridgehead atoms. The molecule has 3 aromatic rings. The first-order chi connectivity index (χ1) is 14.7. The van der Waals surface area contributed by atoms with Gasteiger partial charge >= 0.3 is 0 Å². The van der Waals surface area contributed by atoms with Crippen molar-refractivity contribution in [3.05, 3.63) is 70.9 Å². The first-order valence-electron chi connectivity index (χ1n) is 9.75. The zero-order valence-corrected chi connectivity index (χ0v) is 17.7. The van der Waals surface area contributed by atoms with Crippen molar-refractivity contribution < 1.29 is 13.9 Å². The summed E-state index contributed by atoms with van der Waals surface area (Å²) in [6.07, 6.45) is 1.66. The summed E-state index contributed by atoms with van der Waals surface area (Å²) in [4.78, 5) is 4.52. The smallest absolute Gasteiger partial charge is 0.231 e. The van der Waals surface area contributed by atoms with Crippen LogP contribution in [0.15, 0.2) is 57.2 Å². The van der Waals surface area contributed by atoms with Gasteiger partial charge in [-0.2, -0.15) is 5.10 Å². The number of fused-ring (bicyclic) bond motifs is 1. The molecular weight excluding hydrogens is 400 g/mol. The molecule has 0 unspecified atom stereocenters. The average molecular weight is 423 g/mol. The van der Waals surface area contributed by atoms with E-state index in [2.05, 4.69) is 52.1 Å².